The fraction of sp³-hybridized carbons (Fsp3) is 0.559. The van der Waals surface area contributed by atoms with Crippen LogP contribution < -0.4 is 4.74 Å². The highest BCUT2D eigenvalue weighted by atomic mass is 16.5. The van der Waals surface area contributed by atoms with Crippen molar-refractivity contribution in [1.82, 2.24) is 9.80 Å². The molecule has 1 saturated heterocycles. The number of aliphatic hydroxyl groups is 1. The summed E-state index contributed by atoms with van der Waals surface area (Å²) in [5, 5.41) is 23.8. The highest BCUT2D eigenvalue weighted by molar-refractivity contribution is 5.92. The first-order chi connectivity index (χ1) is 19.2. The van der Waals surface area contributed by atoms with Gasteiger partial charge in [-0.25, -0.2) is 0 Å². The number of aryl methyl sites for hydroxylation is 1. The summed E-state index contributed by atoms with van der Waals surface area (Å²) in [6.07, 6.45) is 8.65. The molecule has 1 spiro atoms. The Labute approximate surface area is 237 Å². The van der Waals surface area contributed by atoms with Gasteiger partial charge in [-0.2, -0.15) is 0 Å². The summed E-state index contributed by atoms with van der Waals surface area (Å²) in [6.45, 7) is 8.92. The first kappa shape index (κ1) is 26.1. The monoisotopic (exact) mass is 542 g/mol. The molecular weight excluding hydrogens is 500 g/mol. The third-order valence-electron chi connectivity index (χ3n) is 10.4. The lowest BCUT2D eigenvalue weighted by atomic mass is 9.48. The molecule has 2 heterocycles. The number of likely N-dealkylation sites (tertiary alicyclic amines) is 1. The number of nitrogens with zero attached hydrogens (tertiary/aromatic N) is 2. The van der Waals surface area contributed by atoms with E-state index in [2.05, 4.69) is 37.8 Å². The first-order valence-electron chi connectivity index (χ1n) is 15.2. The van der Waals surface area contributed by atoms with E-state index in [9.17, 15) is 15.0 Å². The van der Waals surface area contributed by atoms with Crippen molar-refractivity contribution < 1.29 is 19.7 Å². The molecule has 2 saturated carbocycles. The van der Waals surface area contributed by atoms with Crippen molar-refractivity contribution in [3.05, 3.63) is 64.7 Å². The highest BCUT2D eigenvalue weighted by Gasteiger charge is 2.73. The molecule has 2 aliphatic heterocycles. The Morgan fingerprint density at radius 3 is 2.77 bits per heavy atom. The Morgan fingerprint density at radius 1 is 1.20 bits per heavy atom. The third-order valence-corrected chi connectivity index (χ3v) is 10.4. The molecule has 2 aromatic carbocycles. The van der Waals surface area contributed by atoms with Gasteiger partial charge in [0.15, 0.2) is 11.5 Å². The van der Waals surface area contributed by atoms with Gasteiger partial charge in [-0.05, 0) is 87.1 Å². The Bertz CT molecular complexity index is 1370. The molecule has 2 bridgehead atoms. The van der Waals surface area contributed by atoms with Crippen LogP contribution in [0.4, 0.5) is 0 Å². The van der Waals surface area contributed by atoms with Gasteiger partial charge in [0, 0.05) is 30.8 Å². The lowest BCUT2D eigenvalue weighted by Crippen LogP contribution is -2.78. The molecule has 0 aromatic heterocycles. The van der Waals surface area contributed by atoms with Gasteiger partial charge in [0.1, 0.15) is 6.10 Å². The number of benzene rings is 2. The van der Waals surface area contributed by atoms with E-state index in [4.69, 9.17) is 4.74 Å². The average molecular weight is 543 g/mol. The molecule has 5 atom stereocenters. The number of rotatable bonds is 7. The maximum atomic E-state index is 13.9. The zero-order valence-electron chi connectivity index (χ0n) is 24.0. The van der Waals surface area contributed by atoms with Crippen molar-refractivity contribution in [3.8, 4) is 11.5 Å². The Kier molecular flexibility index (Phi) is 6.10. The van der Waals surface area contributed by atoms with Crippen LogP contribution >= 0.6 is 0 Å². The standard InChI is InChI=1S/C34H42N2O4/c1-21(2)19-36(29(38)12-9-23-6-4-5-22(3)17-23)26-13-14-34(39)28-18-25-10-11-27(37)31-30(25)33(34,32(26)40-31)15-16-35(28)20-24-7-8-24/h4-6,9-12,17,21,24,26,28,32,37,39H,7-8,13-16,18-20H2,1-3H3/t26-,28-,32+,33+,34-/m1/s1. The Morgan fingerprint density at radius 2 is 2.02 bits per heavy atom. The number of carbonyl (C=O) groups excluding carboxylic acids is 1. The second-order valence-corrected chi connectivity index (χ2v) is 13.5. The minimum atomic E-state index is -0.947. The van der Waals surface area contributed by atoms with E-state index >= 15 is 0 Å². The summed E-state index contributed by atoms with van der Waals surface area (Å²) in [4.78, 5) is 18.5. The molecule has 7 rings (SSSR count). The van der Waals surface area contributed by atoms with Gasteiger partial charge in [0.2, 0.25) is 5.91 Å². The number of hydrogen-bond acceptors (Lipinski definition) is 5. The van der Waals surface area contributed by atoms with E-state index in [0.29, 0.717) is 25.1 Å². The van der Waals surface area contributed by atoms with Crippen LogP contribution in [0.25, 0.3) is 6.08 Å². The summed E-state index contributed by atoms with van der Waals surface area (Å²) in [7, 11) is 0. The normalized spacial score (nSPS) is 32.3. The van der Waals surface area contributed by atoms with Crippen molar-refractivity contribution in [1.29, 1.82) is 0 Å². The zero-order valence-corrected chi connectivity index (χ0v) is 24.0. The number of carbonyl (C=O) groups is 1. The second-order valence-electron chi connectivity index (χ2n) is 13.5. The van der Waals surface area contributed by atoms with Gasteiger partial charge in [0.05, 0.1) is 17.1 Å². The molecular formula is C34H42N2O4. The number of phenolic OH excluding ortho intramolecular Hbond substituents is 1. The molecule has 5 aliphatic rings. The van der Waals surface area contributed by atoms with Gasteiger partial charge < -0.3 is 19.8 Å². The van der Waals surface area contributed by atoms with E-state index in [1.54, 1.807) is 12.1 Å². The highest BCUT2D eigenvalue weighted by Crippen LogP contribution is 2.66. The number of hydrogen-bond donors (Lipinski definition) is 2. The molecule has 3 aliphatic carbocycles. The van der Waals surface area contributed by atoms with Crippen LogP contribution in [-0.4, -0.2) is 69.3 Å². The maximum absolute atomic E-state index is 13.9. The van der Waals surface area contributed by atoms with Crippen LogP contribution in [0.3, 0.4) is 0 Å². The van der Waals surface area contributed by atoms with E-state index < -0.39 is 17.1 Å². The van der Waals surface area contributed by atoms with E-state index in [1.807, 2.05) is 29.2 Å². The summed E-state index contributed by atoms with van der Waals surface area (Å²) >= 11 is 0. The van der Waals surface area contributed by atoms with E-state index in [0.717, 1.165) is 48.5 Å². The molecule has 6 nitrogen and oxygen atoms in total. The Balaban J connectivity index is 1.28. The van der Waals surface area contributed by atoms with Gasteiger partial charge >= 0.3 is 0 Å². The zero-order chi connectivity index (χ0) is 27.8. The van der Waals surface area contributed by atoms with Crippen molar-refractivity contribution in [2.75, 3.05) is 19.6 Å². The third kappa shape index (κ3) is 3.86. The van der Waals surface area contributed by atoms with Crippen LogP contribution in [0, 0.1) is 18.8 Å². The number of amides is 1. The van der Waals surface area contributed by atoms with Crippen LogP contribution in [0.5, 0.6) is 11.5 Å². The minimum Gasteiger partial charge on any atom is -0.504 e. The number of ether oxygens (including phenoxy) is 1. The predicted octanol–water partition coefficient (Wildman–Crippen LogP) is 4.83. The first-order valence-corrected chi connectivity index (χ1v) is 15.2. The molecule has 212 valence electrons. The number of aromatic hydroxyl groups is 1. The summed E-state index contributed by atoms with van der Waals surface area (Å²) < 4.78 is 6.76. The largest absolute Gasteiger partial charge is 0.504 e. The maximum Gasteiger partial charge on any atom is 0.246 e. The smallest absolute Gasteiger partial charge is 0.246 e. The summed E-state index contributed by atoms with van der Waals surface area (Å²) in [5.74, 6) is 1.69. The van der Waals surface area contributed by atoms with Crippen LogP contribution in [0.15, 0.2) is 42.5 Å². The van der Waals surface area contributed by atoms with Crippen LogP contribution in [0.1, 0.15) is 68.2 Å². The van der Waals surface area contributed by atoms with Gasteiger partial charge in [-0.1, -0.05) is 49.7 Å². The Hall–Kier alpha value is -2.83. The van der Waals surface area contributed by atoms with Gasteiger partial charge in [0.25, 0.3) is 0 Å². The molecule has 0 unspecified atom stereocenters. The quantitative estimate of drug-likeness (QED) is 0.491. The second kappa shape index (κ2) is 9.35. The molecule has 1 amide bonds. The van der Waals surface area contributed by atoms with Crippen LogP contribution in [0.2, 0.25) is 0 Å². The molecule has 40 heavy (non-hydrogen) atoms. The van der Waals surface area contributed by atoms with Crippen LogP contribution in [-0.2, 0) is 16.6 Å². The topological polar surface area (TPSA) is 73.2 Å². The summed E-state index contributed by atoms with van der Waals surface area (Å²) in [6, 6.07) is 11.8. The molecule has 0 radical (unpaired) electrons. The number of piperidine rings is 1. The van der Waals surface area contributed by atoms with Gasteiger partial charge in [-0.3, -0.25) is 9.69 Å². The van der Waals surface area contributed by atoms with E-state index in [1.165, 1.54) is 18.4 Å². The lowest BCUT2D eigenvalue weighted by Gasteiger charge is -2.65. The SMILES string of the molecule is Cc1cccc(C=CC(=O)N(CC(C)C)[C@@H]2CC[C@@]3(O)[C@H]4Cc5ccc(O)c6c5[C@@]3(CCN4CC3CC3)[C@H]2O6)c1. The predicted molar refractivity (Wildman–Crippen MR) is 155 cm³/mol. The molecule has 6 heteroatoms. The number of phenols is 1. The van der Waals surface area contributed by atoms with Crippen molar-refractivity contribution in [2.45, 2.75) is 88.5 Å². The molecule has 2 N–H and O–H groups in total. The lowest BCUT2D eigenvalue weighted by molar-refractivity contribution is -0.201. The van der Waals surface area contributed by atoms with E-state index in [-0.39, 0.29) is 29.7 Å². The van der Waals surface area contributed by atoms with Crippen molar-refractivity contribution >= 4 is 12.0 Å². The van der Waals surface area contributed by atoms with Gasteiger partial charge in [-0.15, -0.1) is 0 Å². The summed E-state index contributed by atoms with van der Waals surface area (Å²) in [5.41, 5.74) is 2.79. The van der Waals surface area contributed by atoms with Crippen molar-refractivity contribution in [3.63, 3.8) is 0 Å². The average Bonchev–Trinajstić information content (AvgIpc) is 3.66. The van der Waals surface area contributed by atoms with Crippen molar-refractivity contribution in [2.24, 2.45) is 11.8 Å². The minimum absolute atomic E-state index is 0.0235. The molecule has 2 aromatic rings. The fourth-order valence-electron chi connectivity index (χ4n) is 8.59. The fourth-order valence-corrected chi connectivity index (χ4v) is 8.59. The molecule has 3 fully saturated rings.